The number of aryl methyl sites for hydroxylation is 1. The third-order valence-electron chi connectivity index (χ3n) is 6.37. The number of sulfonamides is 1. The van der Waals surface area contributed by atoms with Crippen LogP contribution in [0.15, 0.2) is 71.6 Å². The van der Waals surface area contributed by atoms with E-state index in [1.165, 1.54) is 24.1 Å². The number of hydrogen-bond acceptors (Lipinski definition) is 5. The Morgan fingerprint density at radius 2 is 1.57 bits per heavy atom. The molecule has 0 saturated heterocycles. The van der Waals surface area contributed by atoms with E-state index in [1.54, 1.807) is 68.4 Å². The topological polar surface area (TPSA) is 96.0 Å². The Labute approximate surface area is 245 Å². The number of rotatable bonds is 12. The molecular weight excluding hydrogens is 573 g/mol. The number of methoxy groups -OCH3 is 1. The first-order chi connectivity index (χ1) is 19.0. The summed E-state index contributed by atoms with van der Waals surface area (Å²) < 4.78 is 34.4. The smallest absolute Gasteiger partial charge is 0.264 e. The molecule has 0 bridgehead atoms. The molecule has 11 heteroatoms. The van der Waals surface area contributed by atoms with Crippen LogP contribution in [0.25, 0.3) is 0 Å². The third kappa shape index (κ3) is 7.08. The van der Waals surface area contributed by atoms with Crippen molar-refractivity contribution >= 4 is 50.7 Å². The first-order valence-corrected chi connectivity index (χ1v) is 15.0. The molecule has 0 unspecified atom stereocenters. The predicted octanol–water partition coefficient (Wildman–Crippen LogP) is 5.45. The summed E-state index contributed by atoms with van der Waals surface area (Å²) in [5.41, 5.74) is 1.52. The lowest BCUT2D eigenvalue weighted by Gasteiger charge is -2.33. The Hall–Kier alpha value is -3.27. The van der Waals surface area contributed by atoms with Crippen LogP contribution in [0.1, 0.15) is 31.4 Å². The molecule has 40 heavy (non-hydrogen) atoms. The van der Waals surface area contributed by atoms with Crippen LogP contribution >= 0.6 is 23.2 Å². The van der Waals surface area contributed by atoms with Crippen LogP contribution in [0.3, 0.4) is 0 Å². The van der Waals surface area contributed by atoms with Gasteiger partial charge in [0.15, 0.2) is 0 Å². The van der Waals surface area contributed by atoms with E-state index in [0.29, 0.717) is 22.2 Å². The second-order valence-electron chi connectivity index (χ2n) is 9.04. The lowest BCUT2D eigenvalue weighted by molar-refractivity contribution is -0.140. The van der Waals surface area contributed by atoms with E-state index in [0.717, 1.165) is 9.87 Å². The number of amides is 2. The molecule has 3 aromatic rings. The van der Waals surface area contributed by atoms with Crippen molar-refractivity contribution in [2.45, 2.75) is 44.7 Å². The molecule has 0 aliphatic carbocycles. The van der Waals surface area contributed by atoms with Crippen molar-refractivity contribution in [3.63, 3.8) is 0 Å². The van der Waals surface area contributed by atoms with Gasteiger partial charge in [-0.1, -0.05) is 66.0 Å². The Morgan fingerprint density at radius 3 is 2.15 bits per heavy atom. The number of anilines is 1. The van der Waals surface area contributed by atoms with E-state index in [4.69, 9.17) is 27.9 Å². The van der Waals surface area contributed by atoms with Crippen molar-refractivity contribution in [3.05, 3.63) is 87.9 Å². The number of carbonyl (C=O) groups excluding carboxylic acids is 2. The maximum Gasteiger partial charge on any atom is 0.264 e. The average Bonchev–Trinajstić information content (AvgIpc) is 2.93. The van der Waals surface area contributed by atoms with Crippen LogP contribution in [0, 0.1) is 6.92 Å². The first-order valence-electron chi connectivity index (χ1n) is 12.8. The first kappa shape index (κ1) is 31.3. The van der Waals surface area contributed by atoms with Crippen LogP contribution in [0.2, 0.25) is 10.0 Å². The minimum atomic E-state index is -4.23. The van der Waals surface area contributed by atoms with E-state index in [1.807, 2.05) is 6.92 Å². The molecule has 0 aromatic heterocycles. The van der Waals surface area contributed by atoms with Crippen LogP contribution < -0.4 is 14.4 Å². The van der Waals surface area contributed by atoms with E-state index in [-0.39, 0.29) is 35.2 Å². The lowest BCUT2D eigenvalue weighted by Crippen LogP contribution is -2.52. The van der Waals surface area contributed by atoms with E-state index in [9.17, 15) is 18.0 Å². The fraction of sp³-hybridized carbons (Fsp3) is 0.310. The van der Waals surface area contributed by atoms with Gasteiger partial charge in [0, 0.05) is 28.7 Å². The quantitative estimate of drug-likeness (QED) is 0.296. The molecule has 1 N–H and O–H groups in total. The van der Waals surface area contributed by atoms with Crippen molar-refractivity contribution < 1.29 is 22.7 Å². The Morgan fingerprint density at radius 1 is 0.950 bits per heavy atom. The highest BCUT2D eigenvalue weighted by Crippen LogP contribution is 2.33. The number of nitrogens with one attached hydrogen (secondary N) is 1. The number of likely N-dealkylation sites (N-methyl/N-ethyl adjacent to an activating group) is 1. The monoisotopic (exact) mass is 605 g/mol. The normalized spacial score (nSPS) is 11.9. The lowest BCUT2D eigenvalue weighted by atomic mass is 10.1. The molecule has 3 rings (SSSR count). The second kappa shape index (κ2) is 13.9. The van der Waals surface area contributed by atoms with Crippen molar-refractivity contribution in [2.24, 2.45) is 0 Å². The minimum absolute atomic E-state index is 0.00766. The summed E-state index contributed by atoms with van der Waals surface area (Å²) >= 11 is 12.9. The summed E-state index contributed by atoms with van der Waals surface area (Å²) in [4.78, 5) is 28.5. The fourth-order valence-corrected chi connectivity index (χ4v) is 6.19. The molecule has 3 aromatic carbocycles. The van der Waals surface area contributed by atoms with Gasteiger partial charge in [0.1, 0.15) is 18.3 Å². The molecule has 0 fully saturated rings. The molecule has 0 spiro atoms. The number of benzene rings is 3. The van der Waals surface area contributed by atoms with Gasteiger partial charge >= 0.3 is 0 Å². The largest absolute Gasteiger partial charge is 0.495 e. The third-order valence-corrected chi connectivity index (χ3v) is 8.85. The zero-order chi connectivity index (χ0) is 29.4. The summed E-state index contributed by atoms with van der Waals surface area (Å²) in [6.07, 6.45) is 0.277. The maximum absolute atomic E-state index is 14.1. The molecule has 214 valence electrons. The van der Waals surface area contributed by atoms with Crippen LogP contribution in [-0.4, -0.2) is 51.4 Å². The van der Waals surface area contributed by atoms with Gasteiger partial charge in [-0.15, -0.1) is 0 Å². The number of halogens is 2. The SMILES string of the molecule is CCNC(=O)[C@@H](CC)N(Cc1c(Cl)cccc1Cl)C(=O)CN(c1ccccc1OC)S(=O)(=O)c1ccc(C)cc1. The molecule has 0 aliphatic rings. The average molecular weight is 607 g/mol. The zero-order valence-corrected chi connectivity index (χ0v) is 25.2. The standard InChI is InChI=1S/C29H33Cl2N3O5S/c1-5-25(29(36)32-6-2)33(18-22-23(30)10-9-11-24(22)31)28(35)19-34(26-12-7-8-13-27(26)39-4)40(37,38)21-16-14-20(3)15-17-21/h7-17,25H,5-6,18-19H2,1-4H3,(H,32,36)/t25-/m1/s1. The van der Waals surface area contributed by atoms with Crippen molar-refractivity contribution in [1.29, 1.82) is 0 Å². The van der Waals surface area contributed by atoms with E-state index >= 15 is 0 Å². The van der Waals surface area contributed by atoms with Gasteiger partial charge in [-0.05, 0) is 56.7 Å². The molecule has 8 nitrogen and oxygen atoms in total. The van der Waals surface area contributed by atoms with Crippen LogP contribution in [0.4, 0.5) is 5.69 Å². The highest BCUT2D eigenvalue weighted by Gasteiger charge is 2.35. The van der Waals surface area contributed by atoms with Gasteiger partial charge in [-0.25, -0.2) is 8.42 Å². The van der Waals surface area contributed by atoms with E-state index in [2.05, 4.69) is 5.32 Å². The highest BCUT2D eigenvalue weighted by atomic mass is 35.5. The van der Waals surface area contributed by atoms with Gasteiger partial charge in [-0.2, -0.15) is 0 Å². The summed E-state index contributed by atoms with van der Waals surface area (Å²) in [6.45, 7) is 5.06. The van der Waals surface area contributed by atoms with Gasteiger partial charge in [0.2, 0.25) is 11.8 Å². The number of ether oxygens (including phenoxy) is 1. The van der Waals surface area contributed by atoms with E-state index < -0.39 is 28.5 Å². The van der Waals surface area contributed by atoms with Gasteiger partial charge in [0.25, 0.3) is 10.0 Å². The summed E-state index contributed by atoms with van der Waals surface area (Å²) in [6, 6.07) is 16.9. The molecular formula is C29H33Cl2N3O5S. The Kier molecular flexibility index (Phi) is 10.8. The second-order valence-corrected chi connectivity index (χ2v) is 11.7. The van der Waals surface area contributed by atoms with Crippen LogP contribution in [0.5, 0.6) is 5.75 Å². The van der Waals surface area contributed by atoms with Gasteiger partial charge < -0.3 is 15.0 Å². The molecule has 0 heterocycles. The summed E-state index contributed by atoms with van der Waals surface area (Å²) in [7, 11) is -2.81. The van der Waals surface area contributed by atoms with Gasteiger partial charge in [0.05, 0.1) is 17.7 Å². The van der Waals surface area contributed by atoms with Gasteiger partial charge in [-0.3, -0.25) is 13.9 Å². The van der Waals surface area contributed by atoms with Crippen molar-refractivity contribution in [3.8, 4) is 5.75 Å². The highest BCUT2D eigenvalue weighted by molar-refractivity contribution is 7.92. The Bertz CT molecular complexity index is 1430. The number of hydrogen-bond donors (Lipinski definition) is 1. The molecule has 0 radical (unpaired) electrons. The molecule has 2 amide bonds. The maximum atomic E-state index is 14.1. The summed E-state index contributed by atoms with van der Waals surface area (Å²) in [5, 5.41) is 3.41. The van der Waals surface area contributed by atoms with Crippen molar-refractivity contribution in [2.75, 3.05) is 24.5 Å². The number of carbonyl (C=O) groups is 2. The summed E-state index contributed by atoms with van der Waals surface area (Å²) in [5.74, 6) is -0.718. The van der Waals surface area contributed by atoms with Crippen molar-refractivity contribution in [1.82, 2.24) is 10.2 Å². The predicted molar refractivity (Wildman–Crippen MR) is 158 cm³/mol. The van der Waals surface area contributed by atoms with Crippen LogP contribution in [-0.2, 0) is 26.2 Å². The number of nitrogens with zero attached hydrogens (tertiary/aromatic N) is 2. The number of para-hydroxylation sites is 2. The Balaban J connectivity index is 2.14. The minimum Gasteiger partial charge on any atom is -0.495 e. The molecule has 0 saturated carbocycles. The fourth-order valence-electron chi connectivity index (χ4n) is 4.25. The molecule has 1 atom stereocenters. The zero-order valence-electron chi connectivity index (χ0n) is 22.9. The molecule has 0 aliphatic heterocycles.